The van der Waals surface area contributed by atoms with Crippen molar-refractivity contribution in [3.05, 3.63) is 48.0 Å². The fourth-order valence-electron chi connectivity index (χ4n) is 3.37. The Labute approximate surface area is 167 Å². The van der Waals surface area contributed by atoms with Crippen LogP contribution in [-0.4, -0.2) is 58.3 Å². The fraction of sp³-hybridized carbons (Fsp3) is 0.409. The molecular formula is C22H29N3O3. The first kappa shape index (κ1) is 20.0. The maximum absolute atomic E-state index is 12.4. The van der Waals surface area contributed by atoms with Crippen molar-refractivity contribution in [3.63, 3.8) is 0 Å². The third-order valence-corrected chi connectivity index (χ3v) is 5.13. The number of nitrogens with zero attached hydrogens (tertiary/aromatic N) is 2. The van der Waals surface area contributed by atoms with Crippen molar-refractivity contribution in [1.29, 1.82) is 0 Å². The highest BCUT2D eigenvalue weighted by atomic mass is 16.5. The van der Waals surface area contributed by atoms with Crippen LogP contribution in [0.1, 0.15) is 12.0 Å². The Morgan fingerprint density at radius 1 is 1.00 bits per heavy atom. The zero-order chi connectivity index (χ0) is 19.9. The molecule has 0 aromatic heterocycles. The molecule has 0 unspecified atom stereocenters. The average molecular weight is 383 g/mol. The van der Waals surface area contributed by atoms with Crippen molar-refractivity contribution in [2.75, 3.05) is 57.7 Å². The number of benzene rings is 2. The van der Waals surface area contributed by atoms with Crippen molar-refractivity contribution < 1.29 is 14.3 Å². The number of piperazine rings is 1. The van der Waals surface area contributed by atoms with E-state index in [1.165, 1.54) is 5.69 Å². The van der Waals surface area contributed by atoms with Crippen molar-refractivity contribution in [3.8, 4) is 11.5 Å². The molecule has 150 valence electrons. The highest BCUT2D eigenvalue weighted by Gasteiger charge is 2.14. The summed E-state index contributed by atoms with van der Waals surface area (Å²) in [7, 11) is 5.41. The SMILES string of the molecule is COc1ccc(OC)c(CCC(=O)Nc2ccc(N3CCN(C)CC3)cc2)c1. The van der Waals surface area contributed by atoms with Crippen LogP contribution < -0.4 is 19.7 Å². The second-order valence-corrected chi connectivity index (χ2v) is 7.06. The lowest BCUT2D eigenvalue weighted by molar-refractivity contribution is -0.116. The monoisotopic (exact) mass is 383 g/mol. The first-order valence-electron chi connectivity index (χ1n) is 9.63. The number of hydrogen-bond donors (Lipinski definition) is 1. The topological polar surface area (TPSA) is 54.0 Å². The van der Waals surface area contributed by atoms with E-state index < -0.39 is 0 Å². The molecular weight excluding hydrogens is 354 g/mol. The highest BCUT2D eigenvalue weighted by molar-refractivity contribution is 5.91. The number of likely N-dealkylation sites (N-methyl/N-ethyl adjacent to an activating group) is 1. The lowest BCUT2D eigenvalue weighted by Crippen LogP contribution is -2.44. The largest absolute Gasteiger partial charge is 0.497 e. The van der Waals surface area contributed by atoms with Crippen LogP contribution in [0.25, 0.3) is 0 Å². The van der Waals surface area contributed by atoms with Crippen LogP contribution in [0.4, 0.5) is 11.4 Å². The van der Waals surface area contributed by atoms with Crippen molar-refractivity contribution in [2.24, 2.45) is 0 Å². The fourth-order valence-corrected chi connectivity index (χ4v) is 3.37. The molecule has 0 radical (unpaired) electrons. The summed E-state index contributed by atoms with van der Waals surface area (Å²) in [5.41, 5.74) is 2.98. The summed E-state index contributed by atoms with van der Waals surface area (Å²) in [5, 5.41) is 2.98. The van der Waals surface area contributed by atoms with Gasteiger partial charge in [0, 0.05) is 44.0 Å². The molecule has 1 heterocycles. The Morgan fingerprint density at radius 2 is 1.71 bits per heavy atom. The zero-order valence-electron chi connectivity index (χ0n) is 16.9. The van der Waals surface area contributed by atoms with Gasteiger partial charge in [-0.05, 0) is 61.5 Å². The number of nitrogens with one attached hydrogen (secondary N) is 1. The molecule has 1 saturated heterocycles. The molecule has 1 fully saturated rings. The van der Waals surface area contributed by atoms with Gasteiger partial charge in [0.05, 0.1) is 14.2 Å². The summed E-state index contributed by atoms with van der Waals surface area (Å²) in [5.74, 6) is 1.51. The number of carbonyl (C=O) groups excluding carboxylic acids is 1. The molecule has 1 N–H and O–H groups in total. The summed E-state index contributed by atoms with van der Waals surface area (Å²) in [6.45, 7) is 4.22. The maximum atomic E-state index is 12.4. The number of anilines is 2. The summed E-state index contributed by atoms with van der Waals surface area (Å²) in [6, 6.07) is 13.7. The number of aryl methyl sites for hydroxylation is 1. The van der Waals surface area contributed by atoms with Gasteiger partial charge in [-0.2, -0.15) is 0 Å². The minimum Gasteiger partial charge on any atom is -0.497 e. The minimum atomic E-state index is -0.0165. The molecule has 1 amide bonds. The first-order chi connectivity index (χ1) is 13.6. The number of ether oxygens (including phenoxy) is 2. The van der Waals surface area contributed by atoms with Crippen molar-refractivity contribution in [1.82, 2.24) is 4.90 Å². The highest BCUT2D eigenvalue weighted by Crippen LogP contribution is 2.25. The van der Waals surface area contributed by atoms with E-state index in [2.05, 4.69) is 34.3 Å². The molecule has 0 spiro atoms. The van der Waals surface area contributed by atoms with Crippen LogP contribution in [-0.2, 0) is 11.2 Å². The van der Waals surface area contributed by atoms with E-state index in [0.717, 1.165) is 48.9 Å². The van der Waals surface area contributed by atoms with E-state index in [0.29, 0.717) is 12.8 Å². The number of amides is 1. The summed E-state index contributed by atoms with van der Waals surface area (Å²) in [6.07, 6.45) is 0.968. The van der Waals surface area contributed by atoms with Gasteiger partial charge in [0.2, 0.25) is 5.91 Å². The molecule has 1 aliphatic heterocycles. The van der Waals surface area contributed by atoms with Crippen LogP contribution >= 0.6 is 0 Å². The van der Waals surface area contributed by atoms with Gasteiger partial charge in [-0.25, -0.2) is 0 Å². The third kappa shape index (κ3) is 5.16. The van der Waals surface area contributed by atoms with Gasteiger partial charge in [0.25, 0.3) is 0 Å². The smallest absolute Gasteiger partial charge is 0.224 e. The van der Waals surface area contributed by atoms with Crippen LogP contribution in [0.2, 0.25) is 0 Å². The van der Waals surface area contributed by atoms with Crippen LogP contribution in [0, 0.1) is 0 Å². The second-order valence-electron chi connectivity index (χ2n) is 7.06. The van der Waals surface area contributed by atoms with Gasteiger partial charge >= 0.3 is 0 Å². The molecule has 2 aromatic carbocycles. The van der Waals surface area contributed by atoms with E-state index in [1.54, 1.807) is 14.2 Å². The number of methoxy groups -OCH3 is 2. The molecule has 2 aromatic rings. The Balaban J connectivity index is 1.54. The standard InChI is InChI=1S/C22H29N3O3/c1-24-12-14-25(15-13-24)19-7-5-18(6-8-19)23-22(26)11-4-17-16-20(27-2)9-10-21(17)28-3/h5-10,16H,4,11-15H2,1-3H3,(H,23,26). The summed E-state index contributed by atoms with van der Waals surface area (Å²) >= 11 is 0. The molecule has 6 nitrogen and oxygen atoms in total. The molecule has 0 bridgehead atoms. The average Bonchev–Trinajstić information content (AvgIpc) is 2.73. The molecule has 6 heteroatoms. The number of hydrogen-bond acceptors (Lipinski definition) is 5. The van der Waals surface area contributed by atoms with E-state index in [4.69, 9.17) is 9.47 Å². The Kier molecular flexibility index (Phi) is 6.76. The lowest BCUT2D eigenvalue weighted by Gasteiger charge is -2.34. The van der Waals surface area contributed by atoms with Gasteiger partial charge in [0.1, 0.15) is 11.5 Å². The predicted molar refractivity (Wildman–Crippen MR) is 113 cm³/mol. The molecule has 3 rings (SSSR count). The van der Waals surface area contributed by atoms with E-state index in [9.17, 15) is 4.79 Å². The summed E-state index contributed by atoms with van der Waals surface area (Å²) < 4.78 is 10.6. The Hall–Kier alpha value is -2.73. The maximum Gasteiger partial charge on any atom is 0.224 e. The normalized spacial score (nSPS) is 14.6. The predicted octanol–water partition coefficient (Wildman–Crippen LogP) is 3.03. The van der Waals surface area contributed by atoms with Crippen LogP contribution in [0.3, 0.4) is 0 Å². The number of carbonyl (C=O) groups is 1. The van der Waals surface area contributed by atoms with Gasteiger partial charge < -0.3 is 24.6 Å². The molecule has 1 aliphatic rings. The molecule has 0 atom stereocenters. The van der Waals surface area contributed by atoms with Gasteiger partial charge in [-0.15, -0.1) is 0 Å². The minimum absolute atomic E-state index is 0.0165. The zero-order valence-corrected chi connectivity index (χ0v) is 16.9. The quantitative estimate of drug-likeness (QED) is 0.797. The van der Waals surface area contributed by atoms with E-state index in [1.807, 2.05) is 30.3 Å². The second kappa shape index (κ2) is 9.46. The van der Waals surface area contributed by atoms with Crippen molar-refractivity contribution in [2.45, 2.75) is 12.8 Å². The van der Waals surface area contributed by atoms with Gasteiger partial charge in [-0.3, -0.25) is 4.79 Å². The molecule has 0 saturated carbocycles. The number of rotatable bonds is 7. The Bertz CT molecular complexity index is 784. The van der Waals surface area contributed by atoms with E-state index >= 15 is 0 Å². The lowest BCUT2D eigenvalue weighted by atomic mass is 10.1. The first-order valence-corrected chi connectivity index (χ1v) is 9.63. The van der Waals surface area contributed by atoms with E-state index in [-0.39, 0.29) is 5.91 Å². The summed E-state index contributed by atoms with van der Waals surface area (Å²) in [4.78, 5) is 17.1. The molecule has 28 heavy (non-hydrogen) atoms. The third-order valence-electron chi connectivity index (χ3n) is 5.13. The van der Waals surface area contributed by atoms with Crippen molar-refractivity contribution >= 4 is 17.3 Å². The molecule has 0 aliphatic carbocycles. The van der Waals surface area contributed by atoms with Crippen LogP contribution in [0.5, 0.6) is 11.5 Å². The van der Waals surface area contributed by atoms with Gasteiger partial charge in [0.15, 0.2) is 0 Å². The van der Waals surface area contributed by atoms with Gasteiger partial charge in [-0.1, -0.05) is 0 Å². The van der Waals surface area contributed by atoms with Crippen LogP contribution in [0.15, 0.2) is 42.5 Å². The Morgan fingerprint density at radius 3 is 2.36 bits per heavy atom.